The van der Waals surface area contributed by atoms with Gasteiger partial charge in [-0.25, -0.2) is 5.06 Å². The molecule has 0 radical (unpaired) electrons. The van der Waals surface area contributed by atoms with E-state index < -0.39 is 0 Å². The van der Waals surface area contributed by atoms with Crippen LogP contribution in [0.15, 0.2) is 11.6 Å². The molecule has 0 aromatic heterocycles. The number of nitrogens with zero attached hydrogens (tertiary/aromatic N) is 1. The van der Waals surface area contributed by atoms with Crippen molar-refractivity contribution in [1.29, 1.82) is 5.41 Å². The third-order valence-corrected chi connectivity index (χ3v) is 2.22. The number of hydroxylamine groups is 2. The summed E-state index contributed by atoms with van der Waals surface area (Å²) >= 11 is 6.78. The van der Waals surface area contributed by atoms with Crippen molar-refractivity contribution in [1.82, 2.24) is 5.06 Å². The van der Waals surface area contributed by atoms with E-state index in [9.17, 15) is 0 Å². The average molecular weight is 193 g/mol. The summed E-state index contributed by atoms with van der Waals surface area (Å²) in [5.41, 5.74) is 1.41. The van der Waals surface area contributed by atoms with E-state index in [1.807, 2.05) is 0 Å². The minimum Gasteiger partial charge on any atom is -0.277 e. The zero-order valence-corrected chi connectivity index (χ0v) is 7.49. The maximum absolute atomic E-state index is 7.35. The van der Waals surface area contributed by atoms with Crippen LogP contribution in [0.3, 0.4) is 0 Å². The van der Waals surface area contributed by atoms with Crippen LogP contribution < -0.4 is 0 Å². The van der Waals surface area contributed by atoms with Gasteiger partial charge in [-0.05, 0) is 6.08 Å². The van der Waals surface area contributed by atoms with E-state index in [0.29, 0.717) is 11.8 Å². The van der Waals surface area contributed by atoms with Crippen molar-refractivity contribution in [2.45, 2.75) is 0 Å². The first-order chi connectivity index (χ1) is 5.34. The van der Waals surface area contributed by atoms with Gasteiger partial charge in [0.15, 0.2) is 5.17 Å². The Morgan fingerprint density at radius 1 is 1.82 bits per heavy atom. The molecule has 1 aliphatic heterocycles. The summed E-state index contributed by atoms with van der Waals surface area (Å²) in [6.07, 6.45) is 1.69. The maximum Gasteiger partial charge on any atom is 0.180 e. The fourth-order valence-corrected chi connectivity index (χ4v) is 1.50. The average Bonchev–Trinajstić information content (AvgIpc) is 2.37. The summed E-state index contributed by atoms with van der Waals surface area (Å²) in [7, 11) is 0. The monoisotopic (exact) mass is 192 g/mol. The third-order valence-electron chi connectivity index (χ3n) is 1.18. The molecule has 0 aromatic rings. The van der Waals surface area contributed by atoms with Gasteiger partial charge in [0.1, 0.15) is 0 Å². The van der Waals surface area contributed by atoms with Crippen LogP contribution in [0.1, 0.15) is 0 Å². The highest BCUT2D eigenvalue weighted by Crippen LogP contribution is 2.15. The van der Waals surface area contributed by atoms with E-state index in [1.54, 1.807) is 11.1 Å². The Bertz CT molecular complexity index is 174. The molecule has 5 heteroatoms. The molecular formula is C6H9ClN2OS. The lowest BCUT2D eigenvalue weighted by Crippen LogP contribution is -2.23. The van der Waals surface area contributed by atoms with Crippen LogP contribution in [0.2, 0.25) is 0 Å². The quantitative estimate of drug-likeness (QED) is 0.739. The van der Waals surface area contributed by atoms with E-state index in [0.717, 1.165) is 12.3 Å². The van der Waals surface area contributed by atoms with Crippen molar-refractivity contribution in [3.63, 3.8) is 0 Å². The van der Waals surface area contributed by atoms with Gasteiger partial charge in [-0.3, -0.25) is 10.2 Å². The van der Waals surface area contributed by atoms with Crippen molar-refractivity contribution < 1.29 is 4.84 Å². The van der Waals surface area contributed by atoms with Crippen LogP contribution in [0, 0.1) is 5.41 Å². The molecule has 11 heavy (non-hydrogen) atoms. The molecule has 1 heterocycles. The van der Waals surface area contributed by atoms with E-state index in [-0.39, 0.29) is 0 Å². The largest absolute Gasteiger partial charge is 0.277 e. The van der Waals surface area contributed by atoms with E-state index in [2.05, 4.69) is 0 Å². The Kier molecular flexibility index (Phi) is 3.76. The Morgan fingerprint density at radius 3 is 3.18 bits per heavy atom. The second kappa shape index (κ2) is 4.64. The standard InChI is InChI=1S/C6H9ClN2OS/c7-2-1-4-10-9-3-5-11-6(9)8/h1-2,8H,3-5H2. The molecule has 1 aliphatic rings. The minimum atomic E-state index is 0.437. The van der Waals surface area contributed by atoms with Gasteiger partial charge in [0.05, 0.1) is 13.2 Å². The van der Waals surface area contributed by atoms with Crippen LogP contribution in [0.5, 0.6) is 0 Å². The van der Waals surface area contributed by atoms with E-state index in [1.165, 1.54) is 17.3 Å². The first-order valence-corrected chi connectivity index (χ1v) is 4.64. The molecule has 0 aromatic carbocycles. The van der Waals surface area contributed by atoms with Gasteiger partial charge in [0.25, 0.3) is 0 Å². The van der Waals surface area contributed by atoms with Gasteiger partial charge in [0.2, 0.25) is 0 Å². The highest BCUT2D eigenvalue weighted by molar-refractivity contribution is 8.14. The summed E-state index contributed by atoms with van der Waals surface area (Å²) in [5, 5.41) is 9.40. The molecule has 3 nitrogen and oxygen atoms in total. The molecule has 62 valence electrons. The topological polar surface area (TPSA) is 36.3 Å². The van der Waals surface area contributed by atoms with Gasteiger partial charge in [-0.1, -0.05) is 23.4 Å². The minimum absolute atomic E-state index is 0.437. The molecular weight excluding hydrogens is 184 g/mol. The third kappa shape index (κ3) is 2.73. The SMILES string of the molecule is N=C1SCCN1OCC=CCl. The molecule has 0 atom stereocenters. The van der Waals surface area contributed by atoms with Gasteiger partial charge in [-0.15, -0.1) is 0 Å². The number of thioether (sulfide) groups is 1. The summed E-state index contributed by atoms with van der Waals surface area (Å²) in [6, 6.07) is 0. The number of halogens is 1. The molecule has 0 bridgehead atoms. The van der Waals surface area contributed by atoms with Crippen LogP contribution in [0.4, 0.5) is 0 Å². The smallest absolute Gasteiger partial charge is 0.180 e. The summed E-state index contributed by atoms with van der Waals surface area (Å²) in [6.45, 7) is 1.23. The molecule has 1 fully saturated rings. The number of hydrogen-bond donors (Lipinski definition) is 1. The highest BCUT2D eigenvalue weighted by Gasteiger charge is 2.17. The number of amidine groups is 1. The van der Waals surface area contributed by atoms with Gasteiger partial charge >= 0.3 is 0 Å². The molecule has 0 amide bonds. The zero-order valence-electron chi connectivity index (χ0n) is 5.92. The Balaban J connectivity index is 2.20. The number of rotatable bonds is 3. The van der Waals surface area contributed by atoms with Crippen molar-refractivity contribution in [2.24, 2.45) is 0 Å². The lowest BCUT2D eigenvalue weighted by atomic mass is 10.7. The predicted octanol–water partition coefficient (Wildman–Crippen LogP) is 1.65. The first kappa shape index (κ1) is 8.90. The molecule has 0 saturated carbocycles. The fourth-order valence-electron chi connectivity index (χ4n) is 0.691. The molecule has 1 rings (SSSR count). The van der Waals surface area contributed by atoms with Gasteiger partial charge < -0.3 is 0 Å². The summed E-state index contributed by atoms with van der Waals surface area (Å²) in [4.78, 5) is 5.17. The van der Waals surface area contributed by atoms with Crippen LogP contribution >= 0.6 is 23.4 Å². The van der Waals surface area contributed by atoms with E-state index in [4.69, 9.17) is 21.8 Å². The van der Waals surface area contributed by atoms with E-state index >= 15 is 0 Å². The van der Waals surface area contributed by atoms with Crippen LogP contribution in [-0.4, -0.2) is 29.1 Å². The normalized spacial score (nSPS) is 18.6. The zero-order chi connectivity index (χ0) is 8.10. The highest BCUT2D eigenvalue weighted by atomic mass is 35.5. The molecule has 1 saturated heterocycles. The van der Waals surface area contributed by atoms with Crippen LogP contribution in [-0.2, 0) is 4.84 Å². The van der Waals surface area contributed by atoms with Crippen molar-refractivity contribution in [3.05, 3.63) is 11.6 Å². The molecule has 0 aliphatic carbocycles. The van der Waals surface area contributed by atoms with Crippen molar-refractivity contribution in [3.8, 4) is 0 Å². The second-order valence-electron chi connectivity index (χ2n) is 1.91. The lowest BCUT2D eigenvalue weighted by Gasteiger charge is -2.13. The maximum atomic E-state index is 7.35. The summed E-state index contributed by atoms with van der Waals surface area (Å²) in [5.74, 6) is 0.934. The fraction of sp³-hybridized carbons (Fsp3) is 0.500. The second-order valence-corrected chi connectivity index (χ2v) is 3.25. The first-order valence-electron chi connectivity index (χ1n) is 3.21. The van der Waals surface area contributed by atoms with Crippen molar-refractivity contribution >= 4 is 28.5 Å². The number of nitrogens with one attached hydrogen (secondary N) is 1. The predicted molar refractivity (Wildman–Crippen MR) is 47.8 cm³/mol. The molecule has 0 spiro atoms. The van der Waals surface area contributed by atoms with Crippen LogP contribution in [0.25, 0.3) is 0 Å². The Hall–Kier alpha value is -0.190. The van der Waals surface area contributed by atoms with Crippen molar-refractivity contribution in [2.75, 3.05) is 18.9 Å². The van der Waals surface area contributed by atoms with Gasteiger partial charge in [0, 0.05) is 11.3 Å². The lowest BCUT2D eigenvalue weighted by molar-refractivity contribution is -0.0756. The Labute approximate surface area is 74.8 Å². The number of hydrogen-bond acceptors (Lipinski definition) is 3. The molecule has 1 N–H and O–H groups in total. The Morgan fingerprint density at radius 2 is 2.64 bits per heavy atom. The van der Waals surface area contributed by atoms with Gasteiger partial charge in [-0.2, -0.15) is 0 Å². The molecule has 0 unspecified atom stereocenters. The summed E-state index contributed by atoms with van der Waals surface area (Å²) < 4.78 is 0.